The fourth-order valence-electron chi connectivity index (χ4n) is 4.47. The van der Waals surface area contributed by atoms with Crippen molar-refractivity contribution in [2.24, 2.45) is 11.8 Å². The van der Waals surface area contributed by atoms with Crippen molar-refractivity contribution in [3.05, 3.63) is 64.5 Å². The van der Waals surface area contributed by atoms with Gasteiger partial charge in [0.15, 0.2) is 0 Å². The number of alkyl halides is 3. The second-order valence-corrected chi connectivity index (χ2v) is 9.21. The Hall–Kier alpha value is -3.04. The molecule has 4 rings (SSSR count). The number of carbonyl (C=O) groups is 2. The Bertz CT molecular complexity index is 1120. The molecule has 2 aliphatic rings. The molecular formula is C24H24F5N3O2. The van der Waals surface area contributed by atoms with E-state index >= 15 is 0 Å². The van der Waals surface area contributed by atoms with E-state index in [0.717, 1.165) is 5.56 Å². The highest BCUT2D eigenvalue weighted by Crippen LogP contribution is 2.43. The zero-order chi connectivity index (χ0) is 24.8. The van der Waals surface area contributed by atoms with Crippen LogP contribution in [0.3, 0.4) is 0 Å². The van der Waals surface area contributed by atoms with Gasteiger partial charge in [0, 0.05) is 18.3 Å². The van der Waals surface area contributed by atoms with Crippen LogP contribution in [0.15, 0.2) is 30.5 Å². The number of pyridine rings is 1. The molecule has 1 saturated carbocycles. The zero-order valence-electron chi connectivity index (χ0n) is 18.6. The van der Waals surface area contributed by atoms with Gasteiger partial charge < -0.3 is 10.2 Å². The molecule has 2 amide bonds. The molecule has 3 atom stereocenters. The normalized spacial score (nSPS) is 21.4. The van der Waals surface area contributed by atoms with Crippen LogP contribution in [0.4, 0.5) is 22.0 Å². The monoisotopic (exact) mass is 481 g/mol. The van der Waals surface area contributed by atoms with Crippen molar-refractivity contribution in [3.63, 3.8) is 0 Å². The molecule has 2 aromatic rings. The predicted octanol–water partition coefficient (Wildman–Crippen LogP) is 4.81. The van der Waals surface area contributed by atoms with Crippen molar-refractivity contribution in [2.75, 3.05) is 6.54 Å². The minimum atomic E-state index is -5.04. The number of aryl methyl sites for hydroxylation is 1. The van der Waals surface area contributed by atoms with Crippen LogP contribution in [0, 0.1) is 30.4 Å². The Morgan fingerprint density at radius 2 is 1.85 bits per heavy atom. The topological polar surface area (TPSA) is 62.3 Å². The molecule has 2 fully saturated rings. The summed E-state index contributed by atoms with van der Waals surface area (Å²) in [6.07, 6.45) is -1.94. The Kier molecular flexibility index (Phi) is 6.35. The number of hydrogen-bond acceptors (Lipinski definition) is 3. The van der Waals surface area contributed by atoms with Crippen LogP contribution in [-0.4, -0.2) is 34.3 Å². The first-order valence-corrected chi connectivity index (χ1v) is 11.1. The summed E-state index contributed by atoms with van der Waals surface area (Å²) in [6.45, 7) is 4.03. The third-order valence-electron chi connectivity index (χ3n) is 6.33. The molecule has 0 radical (unpaired) electrons. The maximum atomic E-state index is 14.7. The van der Waals surface area contributed by atoms with Gasteiger partial charge in [0.1, 0.15) is 23.4 Å². The van der Waals surface area contributed by atoms with Crippen molar-refractivity contribution in [1.82, 2.24) is 15.2 Å². The van der Waals surface area contributed by atoms with Crippen molar-refractivity contribution < 1.29 is 31.5 Å². The molecule has 5 nitrogen and oxygen atoms in total. The Balaban J connectivity index is 1.58. The SMILES string of the molecule is Cc1ccnc(C(=O)N2C[C@H](C)C[C@@H]2C(=O)N[C@@H](c2cc(F)c(C(F)(F)F)cc2F)C2CC2)c1. The summed E-state index contributed by atoms with van der Waals surface area (Å²) in [6, 6.07) is 2.16. The Morgan fingerprint density at radius 1 is 1.15 bits per heavy atom. The molecular weight excluding hydrogens is 457 g/mol. The maximum Gasteiger partial charge on any atom is 0.419 e. The smallest absolute Gasteiger partial charge is 0.347 e. The summed E-state index contributed by atoms with van der Waals surface area (Å²) < 4.78 is 67.7. The van der Waals surface area contributed by atoms with Crippen LogP contribution in [0.5, 0.6) is 0 Å². The van der Waals surface area contributed by atoms with Gasteiger partial charge in [-0.2, -0.15) is 13.2 Å². The fourth-order valence-corrected chi connectivity index (χ4v) is 4.47. The number of carbonyl (C=O) groups excluding carboxylic acids is 2. The molecule has 1 aliphatic heterocycles. The number of nitrogens with one attached hydrogen (secondary N) is 1. The summed E-state index contributed by atoms with van der Waals surface area (Å²) in [4.78, 5) is 31.8. The quantitative estimate of drug-likeness (QED) is 0.624. The van der Waals surface area contributed by atoms with Crippen LogP contribution >= 0.6 is 0 Å². The lowest BCUT2D eigenvalue weighted by molar-refractivity contribution is -0.140. The molecule has 1 aromatic heterocycles. The molecule has 182 valence electrons. The second-order valence-electron chi connectivity index (χ2n) is 9.21. The van der Waals surface area contributed by atoms with Gasteiger partial charge in [-0.15, -0.1) is 0 Å². The highest BCUT2D eigenvalue weighted by Gasteiger charge is 2.43. The van der Waals surface area contributed by atoms with Gasteiger partial charge in [-0.3, -0.25) is 14.6 Å². The minimum absolute atomic E-state index is 0.0177. The predicted molar refractivity (Wildman–Crippen MR) is 113 cm³/mol. The fraction of sp³-hybridized carbons (Fsp3) is 0.458. The Labute approximate surface area is 193 Å². The van der Waals surface area contributed by atoms with Gasteiger partial charge in [-0.25, -0.2) is 8.78 Å². The maximum absolute atomic E-state index is 14.7. The van der Waals surface area contributed by atoms with Gasteiger partial charge in [0.25, 0.3) is 5.91 Å². The first-order chi connectivity index (χ1) is 16.0. The van der Waals surface area contributed by atoms with Crippen molar-refractivity contribution >= 4 is 11.8 Å². The third kappa shape index (κ3) is 4.90. The molecule has 34 heavy (non-hydrogen) atoms. The van der Waals surface area contributed by atoms with Gasteiger partial charge in [0.2, 0.25) is 5.91 Å². The summed E-state index contributed by atoms with van der Waals surface area (Å²) in [5, 5.41) is 2.69. The van der Waals surface area contributed by atoms with Crippen LogP contribution in [0.1, 0.15) is 59.4 Å². The van der Waals surface area contributed by atoms with E-state index in [9.17, 15) is 31.5 Å². The number of benzene rings is 1. The van der Waals surface area contributed by atoms with E-state index in [4.69, 9.17) is 0 Å². The van der Waals surface area contributed by atoms with Crippen LogP contribution in [0.2, 0.25) is 0 Å². The molecule has 1 N–H and O–H groups in total. The highest BCUT2D eigenvalue weighted by atomic mass is 19.4. The van der Waals surface area contributed by atoms with Crippen LogP contribution in [0.25, 0.3) is 0 Å². The average molecular weight is 481 g/mol. The van der Waals surface area contributed by atoms with Crippen molar-refractivity contribution in [3.8, 4) is 0 Å². The summed E-state index contributed by atoms with van der Waals surface area (Å²) in [7, 11) is 0. The number of amides is 2. The molecule has 1 saturated heterocycles. The lowest BCUT2D eigenvalue weighted by Crippen LogP contribution is -2.47. The molecule has 0 unspecified atom stereocenters. The summed E-state index contributed by atoms with van der Waals surface area (Å²) in [5.74, 6) is -4.01. The lowest BCUT2D eigenvalue weighted by Gasteiger charge is -2.27. The summed E-state index contributed by atoms with van der Waals surface area (Å²) >= 11 is 0. The number of aromatic nitrogens is 1. The Morgan fingerprint density at radius 3 is 2.47 bits per heavy atom. The van der Waals surface area contributed by atoms with Gasteiger partial charge in [-0.1, -0.05) is 6.92 Å². The molecule has 2 heterocycles. The molecule has 1 aliphatic carbocycles. The number of hydrogen-bond donors (Lipinski definition) is 1. The molecule has 0 bridgehead atoms. The lowest BCUT2D eigenvalue weighted by atomic mass is 9.98. The van der Waals surface area contributed by atoms with E-state index < -0.39 is 47.3 Å². The third-order valence-corrected chi connectivity index (χ3v) is 6.33. The van der Waals surface area contributed by atoms with Gasteiger partial charge >= 0.3 is 6.18 Å². The second kappa shape index (κ2) is 8.96. The first kappa shape index (κ1) is 24.1. The first-order valence-electron chi connectivity index (χ1n) is 11.1. The largest absolute Gasteiger partial charge is 0.419 e. The standard InChI is InChI=1S/C24H24F5N3O2/c1-12-5-6-30-19(7-12)23(34)32-11-13(2)8-20(32)22(33)31-21(14-3-4-14)15-9-18(26)16(10-17(15)25)24(27,28)29/h5-7,9-10,13-14,20-21H,3-4,8,11H2,1-2H3,(H,31,33)/t13-,20-,21-/m1/s1. The number of rotatable bonds is 5. The number of likely N-dealkylation sites (tertiary alicyclic amines) is 1. The van der Waals surface area contributed by atoms with Crippen LogP contribution in [-0.2, 0) is 11.0 Å². The van der Waals surface area contributed by atoms with E-state index in [0.29, 0.717) is 31.9 Å². The molecule has 10 heteroatoms. The molecule has 0 spiro atoms. The van der Waals surface area contributed by atoms with E-state index in [1.165, 1.54) is 11.1 Å². The zero-order valence-corrected chi connectivity index (χ0v) is 18.6. The van der Waals surface area contributed by atoms with E-state index in [1.807, 2.05) is 13.8 Å². The summed E-state index contributed by atoms with van der Waals surface area (Å²) in [5.41, 5.74) is -0.992. The number of nitrogens with zero attached hydrogens (tertiary/aromatic N) is 2. The van der Waals surface area contributed by atoms with Crippen molar-refractivity contribution in [1.29, 1.82) is 0 Å². The number of halogens is 5. The van der Waals surface area contributed by atoms with Gasteiger partial charge in [-0.05, 0) is 67.9 Å². The van der Waals surface area contributed by atoms with Crippen molar-refractivity contribution in [2.45, 2.75) is 51.4 Å². The van der Waals surface area contributed by atoms with E-state index in [1.54, 1.807) is 12.1 Å². The average Bonchev–Trinajstić information content (AvgIpc) is 3.53. The highest BCUT2D eigenvalue weighted by molar-refractivity contribution is 5.96. The minimum Gasteiger partial charge on any atom is -0.347 e. The van der Waals surface area contributed by atoms with E-state index in [2.05, 4.69) is 10.3 Å². The molecule has 1 aromatic carbocycles. The van der Waals surface area contributed by atoms with Crippen LogP contribution < -0.4 is 5.32 Å². The van der Waals surface area contributed by atoms with Gasteiger partial charge in [0.05, 0.1) is 11.6 Å². The van der Waals surface area contributed by atoms with E-state index in [-0.39, 0.29) is 29.2 Å².